The molecule has 24 heavy (non-hydrogen) atoms. The molecule has 2 N–H and O–H groups in total. The van der Waals surface area contributed by atoms with Crippen LogP contribution in [0.2, 0.25) is 0 Å². The minimum Gasteiger partial charge on any atom is -0.454 e. The summed E-state index contributed by atoms with van der Waals surface area (Å²) < 4.78 is 23.9. The lowest BCUT2D eigenvalue weighted by atomic mass is 10.1. The van der Waals surface area contributed by atoms with Crippen LogP contribution in [0, 0.1) is 12.7 Å². The van der Waals surface area contributed by atoms with Gasteiger partial charge in [0.15, 0.2) is 11.5 Å². The molecule has 0 fully saturated rings. The zero-order valence-electron chi connectivity index (χ0n) is 13.2. The van der Waals surface area contributed by atoms with Crippen molar-refractivity contribution in [1.82, 2.24) is 5.32 Å². The van der Waals surface area contributed by atoms with E-state index in [1.165, 1.54) is 12.1 Å². The second-order valence-electron chi connectivity index (χ2n) is 6.05. The molecule has 124 valence electrons. The van der Waals surface area contributed by atoms with Crippen LogP contribution in [0.25, 0.3) is 0 Å². The molecule has 1 heterocycles. The first-order chi connectivity index (χ1) is 11.6. The monoisotopic (exact) mass is 328 g/mol. The van der Waals surface area contributed by atoms with E-state index in [2.05, 4.69) is 10.6 Å². The molecule has 2 aromatic carbocycles. The summed E-state index contributed by atoms with van der Waals surface area (Å²) >= 11 is 0. The van der Waals surface area contributed by atoms with Gasteiger partial charge in [-0.1, -0.05) is 6.07 Å². The lowest BCUT2D eigenvalue weighted by molar-refractivity contribution is 0.174. The number of aryl methyl sites for hydroxylation is 2. The SMILES string of the molecule is Cc1cc2c(cc1NC(=O)N[C@@H]1CCc3cc(F)ccc31)OCO2. The van der Waals surface area contributed by atoms with Crippen molar-refractivity contribution in [2.45, 2.75) is 25.8 Å². The van der Waals surface area contributed by atoms with Crippen molar-refractivity contribution in [1.29, 1.82) is 0 Å². The fourth-order valence-corrected chi connectivity index (χ4v) is 3.23. The smallest absolute Gasteiger partial charge is 0.319 e. The third-order valence-corrected chi connectivity index (χ3v) is 4.46. The number of fused-ring (bicyclic) bond motifs is 2. The Morgan fingerprint density at radius 2 is 2.00 bits per heavy atom. The lowest BCUT2D eigenvalue weighted by Crippen LogP contribution is -2.31. The maximum atomic E-state index is 13.3. The molecular weight excluding hydrogens is 311 g/mol. The summed E-state index contributed by atoms with van der Waals surface area (Å²) in [6.45, 7) is 2.09. The fraction of sp³-hybridized carbons (Fsp3) is 0.278. The van der Waals surface area contributed by atoms with E-state index < -0.39 is 0 Å². The first-order valence-corrected chi connectivity index (χ1v) is 7.86. The molecule has 0 spiro atoms. The number of amides is 2. The van der Waals surface area contributed by atoms with Gasteiger partial charge in [-0.25, -0.2) is 9.18 Å². The molecular formula is C18H17FN2O3. The summed E-state index contributed by atoms with van der Waals surface area (Å²) in [7, 11) is 0. The molecule has 5 nitrogen and oxygen atoms in total. The van der Waals surface area contributed by atoms with Gasteiger partial charge < -0.3 is 20.1 Å². The van der Waals surface area contributed by atoms with Gasteiger partial charge in [-0.3, -0.25) is 0 Å². The average molecular weight is 328 g/mol. The number of benzene rings is 2. The highest BCUT2D eigenvalue weighted by molar-refractivity contribution is 5.91. The van der Waals surface area contributed by atoms with Gasteiger partial charge in [0.1, 0.15) is 5.82 Å². The number of hydrogen-bond donors (Lipinski definition) is 2. The molecule has 0 aromatic heterocycles. The van der Waals surface area contributed by atoms with Crippen LogP contribution in [0.3, 0.4) is 0 Å². The van der Waals surface area contributed by atoms with Crippen LogP contribution in [0.5, 0.6) is 11.5 Å². The predicted molar refractivity (Wildman–Crippen MR) is 86.9 cm³/mol. The first-order valence-electron chi connectivity index (χ1n) is 7.86. The van der Waals surface area contributed by atoms with Crippen molar-refractivity contribution in [3.8, 4) is 11.5 Å². The van der Waals surface area contributed by atoms with Crippen LogP contribution in [0.4, 0.5) is 14.9 Å². The normalized spacial score (nSPS) is 17.5. The number of carbonyl (C=O) groups excluding carboxylic acids is 1. The number of urea groups is 1. The van der Waals surface area contributed by atoms with Crippen LogP contribution >= 0.6 is 0 Å². The Hall–Kier alpha value is -2.76. The Labute approximate surface area is 138 Å². The van der Waals surface area contributed by atoms with Crippen LogP contribution in [-0.2, 0) is 6.42 Å². The minimum absolute atomic E-state index is 0.102. The molecule has 1 atom stereocenters. The Kier molecular flexibility index (Phi) is 3.52. The van der Waals surface area contributed by atoms with Gasteiger partial charge in [0, 0.05) is 11.8 Å². The van der Waals surface area contributed by atoms with Gasteiger partial charge in [0.05, 0.1) is 6.04 Å². The number of rotatable bonds is 2. The Balaban J connectivity index is 1.47. The molecule has 2 amide bonds. The van der Waals surface area contributed by atoms with Crippen molar-refractivity contribution in [2.75, 3.05) is 12.1 Å². The van der Waals surface area contributed by atoms with Crippen LogP contribution in [0.1, 0.15) is 29.2 Å². The van der Waals surface area contributed by atoms with Crippen molar-refractivity contribution in [3.63, 3.8) is 0 Å². The Morgan fingerprint density at radius 3 is 2.83 bits per heavy atom. The summed E-state index contributed by atoms with van der Waals surface area (Å²) in [5, 5.41) is 5.80. The summed E-state index contributed by atoms with van der Waals surface area (Å²) in [5.41, 5.74) is 3.51. The molecule has 1 aliphatic heterocycles. The average Bonchev–Trinajstić information content (AvgIpc) is 3.14. The molecule has 4 rings (SSSR count). The maximum absolute atomic E-state index is 13.3. The van der Waals surface area contributed by atoms with Gasteiger partial charge in [-0.05, 0) is 54.7 Å². The number of ether oxygens (including phenoxy) is 2. The molecule has 2 aliphatic rings. The van der Waals surface area contributed by atoms with Gasteiger partial charge in [-0.2, -0.15) is 0 Å². The van der Waals surface area contributed by atoms with E-state index in [0.717, 1.165) is 29.5 Å². The molecule has 0 saturated carbocycles. The molecule has 0 bridgehead atoms. The van der Waals surface area contributed by atoms with Crippen molar-refractivity contribution in [2.24, 2.45) is 0 Å². The highest BCUT2D eigenvalue weighted by atomic mass is 19.1. The third-order valence-electron chi connectivity index (χ3n) is 4.46. The van der Waals surface area contributed by atoms with Gasteiger partial charge in [-0.15, -0.1) is 0 Å². The summed E-state index contributed by atoms with van der Waals surface area (Å²) in [6, 6.07) is 7.92. The molecule has 2 aromatic rings. The predicted octanol–water partition coefficient (Wildman–Crippen LogP) is 3.67. The van der Waals surface area contributed by atoms with E-state index >= 15 is 0 Å². The van der Waals surface area contributed by atoms with Crippen LogP contribution in [0.15, 0.2) is 30.3 Å². The molecule has 1 aliphatic carbocycles. The summed E-state index contributed by atoms with van der Waals surface area (Å²) in [6.07, 6.45) is 1.54. The standard InChI is InChI=1S/C18H17FN2O3/c1-10-6-16-17(24-9-23-16)8-15(10)21-18(22)20-14-5-2-11-7-12(19)3-4-13(11)14/h3-4,6-8,14H,2,5,9H2,1H3,(H2,20,21,22)/t14-/m1/s1. The highest BCUT2D eigenvalue weighted by Gasteiger charge is 2.25. The van der Waals surface area contributed by atoms with Crippen LogP contribution in [-0.4, -0.2) is 12.8 Å². The largest absolute Gasteiger partial charge is 0.454 e. The zero-order chi connectivity index (χ0) is 16.7. The zero-order valence-corrected chi connectivity index (χ0v) is 13.2. The number of anilines is 1. The van der Waals surface area contributed by atoms with Crippen LogP contribution < -0.4 is 20.1 Å². The Bertz CT molecular complexity index is 822. The quantitative estimate of drug-likeness (QED) is 0.884. The fourth-order valence-electron chi connectivity index (χ4n) is 3.23. The molecule has 0 unspecified atom stereocenters. The highest BCUT2D eigenvalue weighted by Crippen LogP contribution is 2.37. The van der Waals surface area contributed by atoms with E-state index in [9.17, 15) is 9.18 Å². The number of nitrogens with one attached hydrogen (secondary N) is 2. The summed E-state index contributed by atoms with van der Waals surface area (Å²) in [5.74, 6) is 1.07. The van der Waals surface area contributed by atoms with Gasteiger partial charge in [0.2, 0.25) is 6.79 Å². The van der Waals surface area contributed by atoms with E-state index in [1.807, 2.05) is 13.0 Å². The van der Waals surface area contributed by atoms with Crippen molar-refractivity contribution >= 4 is 11.7 Å². The Morgan fingerprint density at radius 1 is 1.21 bits per heavy atom. The number of carbonyl (C=O) groups is 1. The lowest BCUT2D eigenvalue weighted by Gasteiger charge is -2.16. The second-order valence-corrected chi connectivity index (χ2v) is 6.05. The van der Waals surface area contributed by atoms with Gasteiger partial charge in [0.25, 0.3) is 0 Å². The van der Waals surface area contributed by atoms with E-state index in [0.29, 0.717) is 17.2 Å². The minimum atomic E-state index is -0.292. The van der Waals surface area contributed by atoms with E-state index in [4.69, 9.17) is 9.47 Å². The van der Waals surface area contributed by atoms with Crippen molar-refractivity contribution < 1.29 is 18.7 Å². The molecule has 0 saturated heterocycles. The number of hydrogen-bond acceptors (Lipinski definition) is 3. The molecule has 0 radical (unpaired) electrons. The third kappa shape index (κ3) is 2.64. The maximum Gasteiger partial charge on any atom is 0.319 e. The first kappa shape index (κ1) is 14.8. The second kappa shape index (κ2) is 5.70. The van der Waals surface area contributed by atoms with E-state index in [-0.39, 0.29) is 24.7 Å². The van der Waals surface area contributed by atoms with Crippen molar-refractivity contribution in [3.05, 3.63) is 52.8 Å². The summed E-state index contributed by atoms with van der Waals surface area (Å²) in [4.78, 5) is 12.3. The van der Waals surface area contributed by atoms with E-state index in [1.54, 1.807) is 12.1 Å². The number of halogens is 1. The topological polar surface area (TPSA) is 59.6 Å². The van der Waals surface area contributed by atoms with Gasteiger partial charge >= 0.3 is 6.03 Å². The molecule has 6 heteroatoms.